The maximum atomic E-state index is 13.3. The number of methoxy groups -OCH3 is 1. The second-order valence-electron chi connectivity index (χ2n) is 5.93. The molecule has 0 amide bonds. The minimum Gasteiger partial charge on any atom is -0.497 e. The third kappa shape index (κ3) is 4.55. The number of hydrogen-bond acceptors (Lipinski definition) is 4. The standard InChI is InChI=1S/C20H17ClFNO4S/c1-13-11-15(22)4-10-20(13)28(24,25)23-18-12-14(21)3-9-19(18)27-17-7-5-16(26-2)6-8-17/h3-12,23H,1-2H3. The van der Waals surface area contributed by atoms with E-state index in [2.05, 4.69) is 4.72 Å². The molecular formula is C20H17ClFNO4S. The first kappa shape index (κ1) is 20.0. The van der Waals surface area contributed by atoms with Gasteiger partial charge in [0.25, 0.3) is 10.0 Å². The molecule has 0 bridgehead atoms. The van der Waals surface area contributed by atoms with Crippen LogP contribution in [0.25, 0.3) is 0 Å². The van der Waals surface area contributed by atoms with E-state index in [1.807, 2.05) is 0 Å². The summed E-state index contributed by atoms with van der Waals surface area (Å²) >= 11 is 6.03. The van der Waals surface area contributed by atoms with Crippen molar-refractivity contribution in [1.29, 1.82) is 0 Å². The maximum absolute atomic E-state index is 13.3. The van der Waals surface area contributed by atoms with Gasteiger partial charge in [0.1, 0.15) is 17.3 Å². The third-order valence-electron chi connectivity index (χ3n) is 3.90. The molecule has 0 aliphatic carbocycles. The molecule has 0 saturated carbocycles. The quantitative estimate of drug-likeness (QED) is 0.579. The van der Waals surface area contributed by atoms with E-state index >= 15 is 0 Å². The van der Waals surface area contributed by atoms with Crippen LogP contribution in [0.1, 0.15) is 5.56 Å². The van der Waals surface area contributed by atoms with Crippen LogP contribution in [0.3, 0.4) is 0 Å². The Hall–Kier alpha value is -2.77. The van der Waals surface area contributed by atoms with Crippen LogP contribution < -0.4 is 14.2 Å². The summed E-state index contributed by atoms with van der Waals surface area (Å²) in [5.74, 6) is 0.901. The topological polar surface area (TPSA) is 64.6 Å². The van der Waals surface area contributed by atoms with Crippen molar-refractivity contribution in [2.75, 3.05) is 11.8 Å². The zero-order valence-electron chi connectivity index (χ0n) is 15.1. The van der Waals surface area contributed by atoms with Gasteiger partial charge in [0.05, 0.1) is 17.7 Å². The SMILES string of the molecule is COc1ccc(Oc2ccc(Cl)cc2NS(=O)(=O)c2ccc(F)cc2C)cc1. The molecule has 8 heteroatoms. The van der Waals surface area contributed by atoms with E-state index in [0.717, 1.165) is 12.1 Å². The normalized spacial score (nSPS) is 11.1. The summed E-state index contributed by atoms with van der Waals surface area (Å²) < 4.78 is 52.2. The fraction of sp³-hybridized carbons (Fsp3) is 0.100. The van der Waals surface area contributed by atoms with Gasteiger partial charge in [0.2, 0.25) is 0 Å². The molecule has 3 aromatic carbocycles. The highest BCUT2D eigenvalue weighted by Crippen LogP contribution is 2.34. The zero-order valence-corrected chi connectivity index (χ0v) is 16.6. The molecule has 0 fully saturated rings. The molecule has 3 aromatic rings. The Morgan fingerprint density at radius 2 is 1.64 bits per heavy atom. The van der Waals surface area contributed by atoms with Gasteiger partial charge in [-0.15, -0.1) is 0 Å². The molecule has 5 nitrogen and oxygen atoms in total. The Labute approximate surface area is 167 Å². The largest absolute Gasteiger partial charge is 0.497 e. The summed E-state index contributed by atoms with van der Waals surface area (Å²) in [4.78, 5) is -0.0377. The molecule has 1 N–H and O–H groups in total. The molecule has 0 aliphatic heterocycles. The van der Waals surface area contributed by atoms with E-state index in [-0.39, 0.29) is 21.9 Å². The molecule has 28 heavy (non-hydrogen) atoms. The van der Waals surface area contributed by atoms with Crippen molar-refractivity contribution in [3.63, 3.8) is 0 Å². The molecule has 0 spiro atoms. The van der Waals surface area contributed by atoms with Gasteiger partial charge in [-0.1, -0.05) is 11.6 Å². The lowest BCUT2D eigenvalue weighted by Gasteiger charge is -2.15. The van der Waals surface area contributed by atoms with E-state index in [1.54, 1.807) is 43.5 Å². The summed E-state index contributed by atoms with van der Waals surface area (Å²) in [5, 5.41) is 0.329. The average molecular weight is 422 g/mol. The Bertz CT molecular complexity index is 1100. The Morgan fingerprint density at radius 3 is 2.29 bits per heavy atom. The zero-order chi connectivity index (χ0) is 20.3. The van der Waals surface area contributed by atoms with Gasteiger partial charge in [-0.25, -0.2) is 12.8 Å². The number of nitrogens with one attached hydrogen (secondary N) is 1. The lowest BCUT2D eigenvalue weighted by molar-refractivity contribution is 0.413. The minimum atomic E-state index is -3.98. The second kappa shape index (κ2) is 8.08. The van der Waals surface area contributed by atoms with E-state index in [9.17, 15) is 12.8 Å². The van der Waals surface area contributed by atoms with Gasteiger partial charge in [-0.05, 0) is 73.2 Å². The molecule has 0 saturated heterocycles. The fourth-order valence-electron chi connectivity index (χ4n) is 2.56. The van der Waals surface area contributed by atoms with Gasteiger partial charge in [-0.2, -0.15) is 0 Å². The third-order valence-corrected chi connectivity index (χ3v) is 5.66. The number of anilines is 1. The lowest BCUT2D eigenvalue weighted by Crippen LogP contribution is -2.15. The smallest absolute Gasteiger partial charge is 0.262 e. The van der Waals surface area contributed by atoms with Crippen molar-refractivity contribution < 1.29 is 22.3 Å². The first-order chi connectivity index (χ1) is 13.3. The first-order valence-corrected chi connectivity index (χ1v) is 10.0. The molecule has 0 radical (unpaired) electrons. The number of ether oxygens (including phenoxy) is 2. The number of hydrogen-bond donors (Lipinski definition) is 1. The summed E-state index contributed by atoms with van der Waals surface area (Å²) in [6.07, 6.45) is 0. The Morgan fingerprint density at radius 1 is 0.964 bits per heavy atom. The van der Waals surface area contributed by atoms with E-state index in [0.29, 0.717) is 16.5 Å². The number of benzene rings is 3. The highest BCUT2D eigenvalue weighted by molar-refractivity contribution is 7.92. The molecule has 146 valence electrons. The van der Waals surface area contributed by atoms with E-state index < -0.39 is 15.8 Å². The predicted molar refractivity (Wildman–Crippen MR) is 106 cm³/mol. The molecule has 0 aromatic heterocycles. The molecule has 3 rings (SSSR count). The van der Waals surface area contributed by atoms with Gasteiger partial charge < -0.3 is 9.47 Å². The maximum Gasteiger partial charge on any atom is 0.262 e. The Balaban J connectivity index is 1.93. The van der Waals surface area contributed by atoms with E-state index in [4.69, 9.17) is 21.1 Å². The molecular weight excluding hydrogens is 405 g/mol. The van der Waals surface area contributed by atoms with Gasteiger partial charge in [0, 0.05) is 5.02 Å². The van der Waals surface area contributed by atoms with Crippen molar-refractivity contribution in [2.45, 2.75) is 11.8 Å². The van der Waals surface area contributed by atoms with Crippen LogP contribution in [0.15, 0.2) is 65.6 Å². The van der Waals surface area contributed by atoms with Crippen molar-refractivity contribution >= 4 is 27.3 Å². The predicted octanol–water partition coefficient (Wildman–Crippen LogP) is 5.39. The van der Waals surface area contributed by atoms with Crippen molar-refractivity contribution in [3.05, 3.63) is 77.1 Å². The van der Waals surface area contributed by atoms with Gasteiger partial charge >= 0.3 is 0 Å². The van der Waals surface area contributed by atoms with E-state index in [1.165, 1.54) is 19.1 Å². The van der Waals surface area contributed by atoms with Crippen LogP contribution in [-0.2, 0) is 10.0 Å². The summed E-state index contributed by atoms with van der Waals surface area (Å²) in [6.45, 7) is 1.52. The number of rotatable bonds is 6. The summed E-state index contributed by atoms with van der Waals surface area (Å²) in [7, 11) is -2.42. The van der Waals surface area contributed by atoms with Gasteiger partial charge in [-0.3, -0.25) is 4.72 Å². The number of aryl methyl sites for hydroxylation is 1. The van der Waals surface area contributed by atoms with Crippen LogP contribution in [0.5, 0.6) is 17.2 Å². The van der Waals surface area contributed by atoms with Gasteiger partial charge in [0.15, 0.2) is 5.75 Å². The van der Waals surface area contributed by atoms with Crippen LogP contribution in [-0.4, -0.2) is 15.5 Å². The van der Waals surface area contributed by atoms with Crippen molar-refractivity contribution in [1.82, 2.24) is 0 Å². The second-order valence-corrected chi connectivity index (χ2v) is 8.02. The summed E-state index contributed by atoms with van der Waals surface area (Å²) in [6, 6.07) is 14.9. The average Bonchev–Trinajstić information content (AvgIpc) is 2.64. The van der Waals surface area contributed by atoms with Crippen molar-refractivity contribution in [2.24, 2.45) is 0 Å². The number of sulfonamides is 1. The number of halogens is 2. The highest BCUT2D eigenvalue weighted by Gasteiger charge is 2.20. The van der Waals surface area contributed by atoms with Crippen LogP contribution >= 0.6 is 11.6 Å². The van der Waals surface area contributed by atoms with Crippen LogP contribution in [0.4, 0.5) is 10.1 Å². The molecule has 0 heterocycles. The highest BCUT2D eigenvalue weighted by atomic mass is 35.5. The first-order valence-electron chi connectivity index (χ1n) is 8.19. The molecule has 0 aliphatic rings. The minimum absolute atomic E-state index is 0.0377. The van der Waals surface area contributed by atoms with Crippen LogP contribution in [0, 0.1) is 12.7 Å². The summed E-state index contributed by atoms with van der Waals surface area (Å²) in [5.41, 5.74) is 0.444. The molecule has 0 atom stereocenters. The molecule has 0 unspecified atom stereocenters. The van der Waals surface area contributed by atoms with Crippen LogP contribution in [0.2, 0.25) is 5.02 Å². The lowest BCUT2D eigenvalue weighted by atomic mass is 10.2. The fourth-order valence-corrected chi connectivity index (χ4v) is 4.02. The monoisotopic (exact) mass is 421 g/mol. The Kier molecular flexibility index (Phi) is 5.76. The van der Waals surface area contributed by atoms with Crippen molar-refractivity contribution in [3.8, 4) is 17.2 Å².